The summed E-state index contributed by atoms with van der Waals surface area (Å²) in [6, 6.07) is 8.21. The fraction of sp³-hybridized carbons (Fsp3) is 0.500. The number of thiophene rings is 1. The Morgan fingerprint density at radius 1 is 1.23 bits per heavy atom. The summed E-state index contributed by atoms with van der Waals surface area (Å²) in [5.74, 6) is -0.203. The number of fused-ring (bicyclic) bond motifs is 1. The number of aryl methyl sites for hydroxylation is 1. The van der Waals surface area contributed by atoms with Crippen LogP contribution in [0.25, 0.3) is 10.4 Å². The van der Waals surface area contributed by atoms with Gasteiger partial charge in [0.15, 0.2) is 0 Å². The second-order valence-corrected chi connectivity index (χ2v) is 10.1. The van der Waals surface area contributed by atoms with Crippen molar-refractivity contribution in [2.45, 2.75) is 66.0 Å². The van der Waals surface area contributed by atoms with Crippen LogP contribution < -0.4 is 5.73 Å². The second kappa shape index (κ2) is 6.82. The van der Waals surface area contributed by atoms with Crippen LogP contribution in [0.1, 0.15) is 67.4 Å². The molecule has 1 aliphatic rings. The molecule has 0 fully saturated rings. The highest BCUT2D eigenvalue weighted by molar-refractivity contribution is 7.16. The number of rotatable bonds is 3. The Balaban J connectivity index is 2.11. The Morgan fingerprint density at radius 2 is 1.88 bits per heavy atom. The Labute approximate surface area is 160 Å². The summed E-state index contributed by atoms with van der Waals surface area (Å²) in [6.07, 6.45) is 3.11. The van der Waals surface area contributed by atoms with Crippen LogP contribution in [0.2, 0.25) is 0 Å². The first-order valence-electron chi connectivity index (χ1n) is 9.27. The number of carbonyl (C=O) groups excluding carboxylic acids is 1. The van der Waals surface area contributed by atoms with E-state index in [9.17, 15) is 4.79 Å². The standard InChI is InChI=1S/C22H29NO2S/c1-21(2,3)25-20(24)18-16-12-22(4,5)11-10-17(16)26-19(18)15-8-6-14(13-23)7-9-15/h6-9H,10-13,23H2,1-5H3. The van der Waals surface area contributed by atoms with Crippen LogP contribution in [0.5, 0.6) is 0 Å². The first-order valence-corrected chi connectivity index (χ1v) is 10.1. The van der Waals surface area contributed by atoms with Gasteiger partial charge in [0, 0.05) is 16.3 Å². The molecule has 2 N–H and O–H groups in total. The maximum absolute atomic E-state index is 13.1. The van der Waals surface area contributed by atoms with Gasteiger partial charge >= 0.3 is 5.97 Å². The van der Waals surface area contributed by atoms with Crippen LogP contribution in [0, 0.1) is 5.41 Å². The van der Waals surface area contributed by atoms with Crippen molar-refractivity contribution in [3.05, 3.63) is 45.8 Å². The normalized spacial score (nSPS) is 16.2. The van der Waals surface area contributed by atoms with Gasteiger partial charge in [0.2, 0.25) is 0 Å². The summed E-state index contributed by atoms with van der Waals surface area (Å²) < 4.78 is 5.77. The Hall–Kier alpha value is -1.65. The minimum Gasteiger partial charge on any atom is -0.456 e. The van der Waals surface area contributed by atoms with Gasteiger partial charge < -0.3 is 10.5 Å². The molecule has 0 saturated carbocycles. The lowest BCUT2D eigenvalue weighted by molar-refractivity contribution is 0.00691. The summed E-state index contributed by atoms with van der Waals surface area (Å²) in [5.41, 5.74) is 9.56. The van der Waals surface area contributed by atoms with E-state index in [2.05, 4.69) is 26.0 Å². The van der Waals surface area contributed by atoms with Crippen LogP contribution in [0.3, 0.4) is 0 Å². The van der Waals surface area contributed by atoms with Crippen molar-refractivity contribution in [3.8, 4) is 10.4 Å². The fourth-order valence-corrected chi connectivity index (χ4v) is 4.77. The molecule has 3 rings (SSSR count). The first-order chi connectivity index (χ1) is 12.1. The molecule has 0 unspecified atom stereocenters. The molecule has 1 aromatic heterocycles. The number of nitrogens with two attached hydrogens (primary N) is 1. The van der Waals surface area contributed by atoms with E-state index in [-0.39, 0.29) is 11.4 Å². The SMILES string of the molecule is CC1(C)CCc2sc(-c3ccc(CN)cc3)c(C(=O)OC(C)(C)C)c2C1. The molecule has 4 heteroatoms. The third-order valence-electron chi connectivity index (χ3n) is 4.83. The van der Waals surface area contributed by atoms with Gasteiger partial charge in [-0.25, -0.2) is 4.79 Å². The van der Waals surface area contributed by atoms with Gasteiger partial charge in [-0.2, -0.15) is 0 Å². The van der Waals surface area contributed by atoms with Gasteiger partial charge in [0.1, 0.15) is 5.60 Å². The van der Waals surface area contributed by atoms with Crippen LogP contribution in [-0.4, -0.2) is 11.6 Å². The fourth-order valence-electron chi connectivity index (χ4n) is 3.46. The molecule has 0 saturated heterocycles. The predicted molar refractivity (Wildman–Crippen MR) is 109 cm³/mol. The van der Waals surface area contributed by atoms with Crippen LogP contribution in [0.15, 0.2) is 24.3 Å². The van der Waals surface area contributed by atoms with Crippen molar-refractivity contribution in [2.75, 3.05) is 0 Å². The lowest BCUT2D eigenvalue weighted by atomic mass is 9.76. The van der Waals surface area contributed by atoms with Crippen LogP contribution >= 0.6 is 11.3 Å². The van der Waals surface area contributed by atoms with E-state index in [1.54, 1.807) is 11.3 Å². The Morgan fingerprint density at radius 3 is 2.46 bits per heavy atom. The molecular weight excluding hydrogens is 342 g/mol. The lowest BCUT2D eigenvalue weighted by Crippen LogP contribution is -2.27. The molecule has 3 nitrogen and oxygen atoms in total. The zero-order valence-electron chi connectivity index (χ0n) is 16.4. The van der Waals surface area contributed by atoms with Gasteiger partial charge in [-0.1, -0.05) is 38.1 Å². The minimum absolute atomic E-state index is 0.203. The number of carbonyl (C=O) groups is 1. The first kappa shape index (κ1) is 19.1. The molecule has 1 aliphatic carbocycles. The largest absolute Gasteiger partial charge is 0.456 e. The van der Waals surface area contributed by atoms with Crippen molar-refractivity contribution in [3.63, 3.8) is 0 Å². The predicted octanol–water partition coefficient (Wildman–Crippen LogP) is 5.34. The van der Waals surface area contributed by atoms with E-state index in [0.29, 0.717) is 6.54 Å². The molecule has 2 aromatic rings. The molecule has 0 radical (unpaired) electrons. The molecule has 140 valence electrons. The maximum Gasteiger partial charge on any atom is 0.340 e. The Kier molecular flexibility index (Phi) is 5.02. The highest BCUT2D eigenvalue weighted by atomic mass is 32.1. The topological polar surface area (TPSA) is 52.3 Å². The van der Waals surface area contributed by atoms with E-state index in [4.69, 9.17) is 10.5 Å². The Bertz CT molecular complexity index is 810. The molecule has 0 spiro atoms. The molecule has 0 bridgehead atoms. The third-order valence-corrected chi connectivity index (χ3v) is 6.17. The number of esters is 1. The zero-order valence-corrected chi connectivity index (χ0v) is 17.3. The maximum atomic E-state index is 13.1. The zero-order chi connectivity index (χ0) is 19.1. The van der Waals surface area contributed by atoms with Gasteiger partial charge in [-0.05, 0) is 62.1 Å². The summed E-state index contributed by atoms with van der Waals surface area (Å²) in [7, 11) is 0. The summed E-state index contributed by atoms with van der Waals surface area (Å²) in [6.45, 7) is 10.8. The number of hydrogen-bond acceptors (Lipinski definition) is 4. The van der Waals surface area contributed by atoms with E-state index in [1.807, 2.05) is 32.9 Å². The van der Waals surface area contributed by atoms with Gasteiger partial charge in [0.25, 0.3) is 0 Å². The molecule has 0 atom stereocenters. The summed E-state index contributed by atoms with van der Waals surface area (Å²) in [5, 5.41) is 0. The molecule has 26 heavy (non-hydrogen) atoms. The summed E-state index contributed by atoms with van der Waals surface area (Å²) in [4.78, 5) is 15.5. The number of benzene rings is 1. The van der Waals surface area contributed by atoms with Crippen molar-refractivity contribution in [1.82, 2.24) is 0 Å². The lowest BCUT2D eigenvalue weighted by Gasteiger charge is -2.30. The monoisotopic (exact) mass is 371 g/mol. The molecular formula is C22H29NO2S. The van der Waals surface area contributed by atoms with E-state index in [0.717, 1.165) is 40.8 Å². The van der Waals surface area contributed by atoms with Gasteiger partial charge in [-0.15, -0.1) is 11.3 Å². The minimum atomic E-state index is -0.503. The van der Waals surface area contributed by atoms with Crippen molar-refractivity contribution in [2.24, 2.45) is 11.1 Å². The quantitative estimate of drug-likeness (QED) is 0.741. The van der Waals surface area contributed by atoms with Crippen molar-refractivity contribution in [1.29, 1.82) is 0 Å². The number of hydrogen-bond donors (Lipinski definition) is 1. The summed E-state index contributed by atoms with van der Waals surface area (Å²) >= 11 is 1.75. The highest BCUT2D eigenvalue weighted by Crippen LogP contribution is 2.45. The van der Waals surface area contributed by atoms with Gasteiger partial charge in [0.05, 0.1) is 5.56 Å². The second-order valence-electron chi connectivity index (χ2n) is 8.95. The average Bonchev–Trinajstić information content (AvgIpc) is 2.90. The molecule has 1 heterocycles. The molecule has 0 aliphatic heterocycles. The van der Waals surface area contributed by atoms with Crippen molar-refractivity contribution < 1.29 is 9.53 Å². The van der Waals surface area contributed by atoms with E-state index in [1.165, 1.54) is 10.4 Å². The molecule has 1 aromatic carbocycles. The van der Waals surface area contributed by atoms with Crippen LogP contribution in [0.4, 0.5) is 0 Å². The third kappa shape index (κ3) is 4.02. The van der Waals surface area contributed by atoms with E-state index >= 15 is 0 Å². The van der Waals surface area contributed by atoms with Crippen molar-refractivity contribution >= 4 is 17.3 Å². The average molecular weight is 372 g/mol. The van der Waals surface area contributed by atoms with E-state index < -0.39 is 5.60 Å². The highest BCUT2D eigenvalue weighted by Gasteiger charge is 2.34. The molecule has 0 amide bonds. The van der Waals surface area contributed by atoms with Gasteiger partial charge in [-0.3, -0.25) is 0 Å². The van der Waals surface area contributed by atoms with Crippen LogP contribution in [-0.2, 0) is 24.1 Å². The smallest absolute Gasteiger partial charge is 0.340 e. The number of ether oxygens (including phenoxy) is 1.